The Hall–Kier alpha value is -0.120. The molecule has 0 fully saturated rings. The molecule has 3 heteroatoms. The molecule has 0 aliphatic rings. The Kier molecular flexibility index (Phi) is 13.1. The fraction of sp³-hybridized carbons (Fsp3) is 1.00. The Balaban J connectivity index is 0. The van der Waals surface area contributed by atoms with E-state index in [9.17, 15) is 0 Å². The molecule has 0 aliphatic carbocycles. The van der Waals surface area contributed by atoms with Crippen molar-refractivity contribution >= 4 is 0 Å². The zero-order valence-corrected chi connectivity index (χ0v) is 9.26. The fourth-order valence-electron chi connectivity index (χ4n) is 0.493. The van der Waals surface area contributed by atoms with Gasteiger partial charge in [-0.25, -0.2) is 0 Å². The first kappa shape index (κ1) is 14.4. The van der Waals surface area contributed by atoms with Gasteiger partial charge in [-0.15, -0.1) is 0 Å². The van der Waals surface area contributed by atoms with Crippen LogP contribution in [0.3, 0.4) is 0 Å². The summed E-state index contributed by atoms with van der Waals surface area (Å²) in [6.45, 7) is 6.20. The van der Waals surface area contributed by atoms with E-state index >= 15 is 0 Å². The number of likely N-dealkylation sites (N-methyl/N-ethyl adjacent to an activating group) is 1. The fourth-order valence-corrected chi connectivity index (χ4v) is 0.493. The Morgan fingerprint density at radius 2 is 1.58 bits per heavy atom. The Labute approximate surface area is 76.7 Å². The largest absolute Gasteiger partial charge is 0.388 e. The molecule has 3 nitrogen and oxygen atoms in total. The van der Waals surface area contributed by atoms with Crippen LogP contribution in [0.2, 0.25) is 0 Å². The summed E-state index contributed by atoms with van der Waals surface area (Å²) in [7, 11) is 7.08. The van der Waals surface area contributed by atoms with Crippen LogP contribution in [-0.4, -0.2) is 52.5 Å². The average molecular weight is 177 g/mol. The Morgan fingerprint density at radius 3 is 1.83 bits per heavy atom. The molecule has 0 N–H and O–H groups in total. The van der Waals surface area contributed by atoms with Gasteiger partial charge < -0.3 is 14.4 Å². The van der Waals surface area contributed by atoms with Crippen molar-refractivity contribution in [2.75, 3.05) is 41.5 Å². The Bertz CT molecular complexity index is 76.9. The quantitative estimate of drug-likeness (QED) is 0.645. The molecular weight excluding hydrogens is 154 g/mol. The highest BCUT2D eigenvalue weighted by atomic mass is 16.5. The molecule has 0 bridgehead atoms. The topological polar surface area (TPSA) is 21.7 Å². The molecule has 12 heavy (non-hydrogen) atoms. The van der Waals surface area contributed by atoms with E-state index in [-0.39, 0.29) is 0 Å². The van der Waals surface area contributed by atoms with Gasteiger partial charge >= 0.3 is 0 Å². The summed E-state index contributed by atoms with van der Waals surface area (Å²) in [5, 5.41) is 0. The number of rotatable bonds is 4. The molecule has 0 heterocycles. The molecule has 0 atom stereocenters. The molecule has 0 saturated heterocycles. The third-order valence-electron chi connectivity index (χ3n) is 1.53. The van der Waals surface area contributed by atoms with E-state index in [0.717, 1.165) is 13.2 Å². The van der Waals surface area contributed by atoms with Crippen molar-refractivity contribution in [1.82, 2.24) is 4.90 Å². The van der Waals surface area contributed by atoms with Crippen molar-refractivity contribution in [3.63, 3.8) is 0 Å². The van der Waals surface area contributed by atoms with Crippen LogP contribution in [-0.2, 0) is 9.47 Å². The maximum absolute atomic E-state index is 4.92. The van der Waals surface area contributed by atoms with Crippen molar-refractivity contribution in [3.05, 3.63) is 0 Å². The van der Waals surface area contributed by atoms with Crippen molar-refractivity contribution in [3.8, 4) is 0 Å². The third-order valence-corrected chi connectivity index (χ3v) is 1.53. The molecule has 0 radical (unpaired) electrons. The second-order valence-electron chi connectivity index (χ2n) is 2.98. The van der Waals surface area contributed by atoms with E-state index in [1.165, 1.54) is 0 Å². The van der Waals surface area contributed by atoms with Crippen LogP contribution in [0.5, 0.6) is 0 Å². The van der Waals surface area contributed by atoms with Gasteiger partial charge in [0.15, 0.2) is 0 Å². The van der Waals surface area contributed by atoms with Gasteiger partial charge in [0.05, 0.1) is 6.61 Å². The van der Waals surface area contributed by atoms with E-state index < -0.39 is 0 Å². The van der Waals surface area contributed by atoms with E-state index in [2.05, 4.69) is 30.5 Å². The van der Waals surface area contributed by atoms with Gasteiger partial charge in [0.2, 0.25) is 0 Å². The van der Waals surface area contributed by atoms with Gasteiger partial charge in [-0.3, -0.25) is 0 Å². The van der Waals surface area contributed by atoms with Crippen LogP contribution in [0.15, 0.2) is 0 Å². The molecule has 0 rings (SSSR count). The molecule has 0 saturated carbocycles. The summed E-state index contributed by atoms with van der Waals surface area (Å²) in [6.07, 6.45) is 0. The van der Waals surface area contributed by atoms with E-state index in [1.54, 1.807) is 21.3 Å². The lowest BCUT2D eigenvalue weighted by Crippen LogP contribution is -2.29. The van der Waals surface area contributed by atoms with Crippen LogP contribution in [0.4, 0.5) is 0 Å². The minimum Gasteiger partial charge on any atom is -0.388 e. The van der Waals surface area contributed by atoms with Gasteiger partial charge in [-0.1, -0.05) is 0 Å². The van der Waals surface area contributed by atoms with E-state index in [4.69, 9.17) is 4.74 Å². The van der Waals surface area contributed by atoms with Crippen molar-refractivity contribution in [2.45, 2.75) is 19.9 Å². The lowest BCUT2D eigenvalue weighted by molar-refractivity contribution is 0.147. The van der Waals surface area contributed by atoms with Crippen molar-refractivity contribution < 1.29 is 9.47 Å². The summed E-state index contributed by atoms with van der Waals surface area (Å²) in [5.74, 6) is 0. The number of nitrogens with zero attached hydrogens (tertiary/aromatic N) is 1. The highest BCUT2D eigenvalue weighted by molar-refractivity contribution is 4.54. The van der Waals surface area contributed by atoms with Gasteiger partial charge in [0, 0.05) is 33.9 Å². The molecule has 76 valence electrons. The SMILES string of the molecule is COC.COCCN(C)C(C)C. The third kappa shape index (κ3) is 12.5. The number of methoxy groups -OCH3 is 2. The van der Waals surface area contributed by atoms with Gasteiger partial charge in [-0.2, -0.15) is 0 Å². The normalized spacial score (nSPS) is 10.0. The van der Waals surface area contributed by atoms with Gasteiger partial charge in [0.25, 0.3) is 0 Å². The van der Waals surface area contributed by atoms with Crippen LogP contribution >= 0.6 is 0 Å². The summed E-state index contributed by atoms with van der Waals surface area (Å²) < 4.78 is 9.17. The highest BCUT2D eigenvalue weighted by Gasteiger charge is 1.99. The van der Waals surface area contributed by atoms with Gasteiger partial charge in [-0.05, 0) is 20.9 Å². The minimum absolute atomic E-state index is 0.625. The van der Waals surface area contributed by atoms with Crippen molar-refractivity contribution in [1.29, 1.82) is 0 Å². The second-order valence-corrected chi connectivity index (χ2v) is 2.98. The smallest absolute Gasteiger partial charge is 0.0589 e. The predicted molar refractivity (Wildman–Crippen MR) is 52.6 cm³/mol. The highest BCUT2D eigenvalue weighted by Crippen LogP contribution is 1.91. The molecule has 0 amide bonds. The first-order valence-corrected chi connectivity index (χ1v) is 4.19. The second kappa shape index (κ2) is 10.9. The maximum atomic E-state index is 4.92. The van der Waals surface area contributed by atoms with Crippen molar-refractivity contribution in [2.24, 2.45) is 0 Å². The zero-order valence-electron chi connectivity index (χ0n) is 9.26. The zero-order chi connectivity index (χ0) is 9.98. The first-order valence-electron chi connectivity index (χ1n) is 4.19. The number of ether oxygens (including phenoxy) is 2. The molecule has 0 aliphatic heterocycles. The summed E-state index contributed by atoms with van der Waals surface area (Å²) in [6, 6.07) is 0.625. The molecule has 0 aromatic carbocycles. The summed E-state index contributed by atoms with van der Waals surface area (Å²) in [5.41, 5.74) is 0. The van der Waals surface area contributed by atoms with Crippen LogP contribution < -0.4 is 0 Å². The predicted octanol–water partition coefficient (Wildman–Crippen LogP) is 1.24. The number of hydrogen-bond donors (Lipinski definition) is 0. The monoisotopic (exact) mass is 177 g/mol. The standard InChI is InChI=1S/C7H17NO.C2H6O/c1-7(2)8(3)5-6-9-4;1-3-2/h7H,5-6H2,1-4H3;1-2H3. The average Bonchev–Trinajstić information content (AvgIpc) is 2.01. The molecule has 0 aromatic heterocycles. The summed E-state index contributed by atoms with van der Waals surface area (Å²) >= 11 is 0. The summed E-state index contributed by atoms with van der Waals surface area (Å²) in [4.78, 5) is 2.25. The molecular formula is C9H23NO2. The number of hydrogen-bond acceptors (Lipinski definition) is 3. The molecule has 0 unspecified atom stereocenters. The van der Waals surface area contributed by atoms with Gasteiger partial charge in [0.1, 0.15) is 0 Å². The Morgan fingerprint density at radius 1 is 1.17 bits per heavy atom. The van der Waals surface area contributed by atoms with Crippen LogP contribution in [0.25, 0.3) is 0 Å². The first-order chi connectivity index (χ1) is 5.59. The molecule has 0 aromatic rings. The molecule has 0 spiro atoms. The minimum atomic E-state index is 0.625. The van der Waals surface area contributed by atoms with E-state index in [1.807, 2.05) is 0 Å². The van der Waals surface area contributed by atoms with Crippen LogP contribution in [0.1, 0.15) is 13.8 Å². The van der Waals surface area contributed by atoms with E-state index in [0.29, 0.717) is 6.04 Å². The van der Waals surface area contributed by atoms with Crippen LogP contribution in [0, 0.1) is 0 Å². The maximum Gasteiger partial charge on any atom is 0.0589 e. The lowest BCUT2D eigenvalue weighted by atomic mass is 10.3. The lowest BCUT2D eigenvalue weighted by Gasteiger charge is -2.19.